The van der Waals surface area contributed by atoms with Crippen LogP contribution >= 0.6 is 0 Å². The van der Waals surface area contributed by atoms with Crippen molar-refractivity contribution in [2.45, 2.75) is 38.4 Å². The molecular weight excluding hydrogens is 259 g/mol. The molecule has 0 radical (unpaired) electrons. The highest BCUT2D eigenvalue weighted by molar-refractivity contribution is 5.82. The van der Waals surface area contributed by atoms with E-state index >= 15 is 0 Å². The first-order valence-electron chi connectivity index (χ1n) is 5.94. The van der Waals surface area contributed by atoms with Gasteiger partial charge in [-0.2, -0.15) is 13.2 Å². The van der Waals surface area contributed by atoms with Gasteiger partial charge in [0.1, 0.15) is 5.54 Å². The fourth-order valence-corrected chi connectivity index (χ4v) is 1.80. The molecule has 0 atom stereocenters. The molecule has 2 N–H and O–H groups in total. The Morgan fingerprint density at radius 2 is 1.63 bits per heavy atom. The second-order valence-electron chi connectivity index (χ2n) is 4.29. The zero-order valence-corrected chi connectivity index (χ0v) is 10.7. The van der Waals surface area contributed by atoms with Crippen molar-refractivity contribution in [3.05, 3.63) is 29.8 Å². The Hall–Kier alpha value is -1.72. The molecule has 6 heteroatoms. The number of aliphatic carboxylic acids is 1. The monoisotopic (exact) mass is 275 g/mol. The third kappa shape index (κ3) is 3.39. The smallest absolute Gasteiger partial charge is 0.416 e. The summed E-state index contributed by atoms with van der Waals surface area (Å²) in [6.07, 6.45) is -3.72. The molecule has 106 valence electrons. The number of carbonyl (C=O) groups is 1. The largest absolute Gasteiger partial charge is 0.480 e. The third-order valence-electron chi connectivity index (χ3n) is 3.21. The van der Waals surface area contributed by atoms with E-state index in [4.69, 9.17) is 0 Å². The van der Waals surface area contributed by atoms with E-state index in [-0.39, 0.29) is 0 Å². The lowest BCUT2D eigenvalue weighted by Gasteiger charge is -2.29. The highest BCUT2D eigenvalue weighted by atomic mass is 19.4. The van der Waals surface area contributed by atoms with Gasteiger partial charge >= 0.3 is 12.1 Å². The summed E-state index contributed by atoms with van der Waals surface area (Å²) in [4.78, 5) is 11.3. The van der Waals surface area contributed by atoms with Gasteiger partial charge in [-0.15, -0.1) is 0 Å². The van der Waals surface area contributed by atoms with E-state index in [1.807, 2.05) is 0 Å². The number of alkyl halides is 3. The molecule has 1 aromatic carbocycles. The van der Waals surface area contributed by atoms with Crippen LogP contribution in [0.1, 0.15) is 32.3 Å². The van der Waals surface area contributed by atoms with E-state index in [9.17, 15) is 23.1 Å². The zero-order chi connectivity index (χ0) is 14.7. The fourth-order valence-electron chi connectivity index (χ4n) is 1.80. The molecule has 19 heavy (non-hydrogen) atoms. The summed E-state index contributed by atoms with van der Waals surface area (Å²) >= 11 is 0. The van der Waals surface area contributed by atoms with Crippen molar-refractivity contribution in [1.29, 1.82) is 0 Å². The molecule has 0 aliphatic carbocycles. The summed E-state index contributed by atoms with van der Waals surface area (Å²) in [6.45, 7) is 3.43. The molecule has 0 amide bonds. The Balaban J connectivity index is 2.96. The highest BCUT2D eigenvalue weighted by Crippen LogP contribution is 2.31. The maximum Gasteiger partial charge on any atom is 0.416 e. The second kappa shape index (κ2) is 5.50. The number of nitrogens with one attached hydrogen (secondary N) is 1. The van der Waals surface area contributed by atoms with Gasteiger partial charge in [-0.25, -0.2) is 4.79 Å². The average Bonchev–Trinajstić information content (AvgIpc) is 2.35. The van der Waals surface area contributed by atoms with Gasteiger partial charge in [-0.05, 0) is 37.1 Å². The molecule has 0 aromatic heterocycles. The predicted octanol–water partition coefficient (Wildman–Crippen LogP) is 3.76. The minimum atomic E-state index is -4.39. The zero-order valence-electron chi connectivity index (χ0n) is 10.7. The molecule has 3 nitrogen and oxygen atoms in total. The van der Waals surface area contributed by atoms with Crippen LogP contribution in [0.4, 0.5) is 18.9 Å². The summed E-state index contributed by atoms with van der Waals surface area (Å²) in [5.74, 6) is -1.02. The van der Waals surface area contributed by atoms with E-state index < -0.39 is 23.2 Å². The van der Waals surface area contributed by atoms with Gasteiger partial charge in [0.25, 0.3) is 0 Å². The Labute approximate surface area is 109 Å². The van der Waals surface area contributed by atoms with E-state index in [0.29, 0.717) is 18.5 Å². The van der Waals surface area contributed by atoms with Crippen molar-refractivity contribution in [3.8, 4) is 0 Å². The average molecular weight is 275 g/mol. The predicted molar refractivity (Wildman–Crippen MR) is 66.0 cm³/mol. The minimum Gasteiger partial charge on any atom is -0.480 e. The van der Waals surface area contributed by atoms with Crippen LogP contribution in [0.5, 0.6) is 0 Å². The fraction of sp³-hybridized carbons (Fsp3) is 0.462. The molecule has 0 bridgehead atoms. The number of carboxylic acid groups (broad SMARTS) is 1. The Bertz CT molecular complexity index is 436. The molecule has 0 aliphatic rings. The third-order valence-corrected chi connectivity index (χ3v) is 3.21. The Kier molecular flexibility index (Phi) is 4.44. The maximum atomic E-state index is 12.4. The van der Waals surface area contributed by atoms with E-state index in [2.05, 4.69) is 5.32 Å². The van der Waals surface area contributed by atoms with Gasteiger partial charge in [0.15, 0.2) is 0 Å². The van der Waals surface area contributed by atoms with E-state index in [1.165, 1.54) is 12.1 Å². The van der Waals surface area contributed by atoms with Gasteiger partial charge in [0, 0.05) is 5.69 Å². The SMILES string of the molecule is CCC(CC)(Nc1ccc(C(F)(F)F)cc1)C(=O)O. The van der Waals surface area contributed by atoms with Gasteiger partial charge in [0.05, 0.1) is 5.56 Å². The standard InChI is InChI=1S/C13H16F3NO2/c1-3-12(4-2,11(18)19)17-10-7-5-9(6-8-10)13(14,15)16/h5-8,17H,3-4H2,1-2H3,(H,18,19). The first-order chi connectivity index (χ1) is 8.75. The van der Waals surface area contributed by atoms with Crippen molar-refractivity contribution < 1.29 is 23.1 Å². The molecule has 0 saturated carbocycles. The molecule has 0 spiro atoms. The summed E-state index contributed by atoms with van der Waals surface area (Å²) in [6, 6.07) is 4.35. The van der Waals surface area contributed by atoms with Crippen LogP contribution in [0.2, 0.25) is 0 Å². The lowest BCUT2D eigenvalue weighted by atomic mass is 9.92. The number of rotatable bonds is 5. The van der Waals surface area contributed by atoms with Crippen LogP contribution in [-0.4, -0.2) is 16.6 Å². The highest BCUT2D eigenvalue weighted by Gasteiger charge is 2.35. The molecule has 1 rings (SSSR count). The molecule has 0 unspecified atom stereocenters. The van der Waals surface area contributed by atoms with Crippen molar-refractivity contribution >= 4 is 11.7 Å². The van der Waals surface area contributed by atoms with Gasteiger partial charge in [-0.3, -0.25) is 0 Å². The molecule has 0 heterocycles. The topological polar surface area (TPSA) is 49.3 Å². The Morgan fingerprint density at radius 3 is 1.95 bits per heavy atom. The summed E-state index contributed by atoms with van der Waals surface area (Å²) in [5.41, 5.74) is -1.55. The van der Waals surface area contributed by atoms with Crippen molar-refractivity contribution in [2.24, 2.45) is 0 Å². The number of benzene rings is 1. The van der Waals surface area contributed by atoms with Crippen LogP contribution in [0, 0.1) is 0 Å². The van der Waals surface area contributed by atoms with Gasteiger partial charge in [0.2, 0.25) is 0 Å². The van der Waals surface area contributed by atoms with Gasteiger partial charge in [-0.1, -0.05) is 13.8 Å². The second-order valence-corrected chi connectivity index (χ2v) is 4.29. The lowest BCUT2D eigenvalue weighted by molar-refractivity contribution is -0.142. The normalized spacial score (nSPS) is 12.3. The number of anilines is 1. The van der Waals surface area contributed by atoms with Crippen LogP contribution in [0.3, 0.4) is 0 Å². The number of halogens is 3. The molecule has 0 fully saturated rings. The van der Waals surface area contributed by atoms with Crippen LogP contribution < -0.4 is 5.32 Å². The van der Waals surface area contributed by atoms with Crippen molar-refractivity contribution in [3.63, 3.8) is 0 Å². The molecule has 0 aliphatic heterocycles. The summed E-state index contributed by atoms with van der Waals surface area (Å²) < 4.78 is 37.2. The van der Waals surface area contributed by atoms with E-state index in [0.717, 1.165) is 12.1 Å². The molecule has 1 aromatic rings. The van der Waals surface area contributed by atoms with Crippen molar-refractivity contribution in [1.82, 2.24) is 0 Å². The van der Waals surface area contributed by atoms with Gasteiger partial charge < -0.3 is 10.4 Å². The number of hydrogen-bond donors (Lipinski definition) is 2. The number of carboxylic acids is 1. The maximum absolute atomic E-state index is 12.4. The lowest BCUT2D eigenvalue weighted by Crippen LogP contribution is -2.45. The van der Waals surface area contributed by atoms with E-state index in [1.54, 1.807) is 13.8 Å². The minimum absolute atomic E-state index is 0.333. The molecule has 0 saturated heterocycles. The van der Waals surface area contributed by atoms with Crippen molar-refractivity contribution in [2.75, 3.05) is 5.32 Å². The summed E-state index contributed by atoms with van der Waals surface area (Å²) in [7, 11) is 0. The quantitative estimate of drug-likeness (QED) is 0.860. The first-order valence-corrected chi connectivity index (χ1v) is 5.94. The van der Waals surface area contributed by atoms with Crippen LogP contribution in [-0.2, 0) is 11.0 Å². The molecular formula is C13H16F3NO2. The number of hydrogen-bond acceptors (Lipinski definition) is 2. The summed E-state index contributed by atoms with van der Waals surface area (Å²) in [5, 5.41) is 12.0. The van der Waals surface area contributed by atoms with Crippen LogP contribution in [0.25, 0.3) is 0 Å². The Morgan fingerprint density at radius 1 is 1.16 bits per heavy atom. The first kappa shape index (κ1) is 15.3. The van der Waals surface area contributed by atoms with Crippen LogP contribution in [0.15, 0.2) is 24.3 Å².